The van der Waals surface area contributed by atoms with E-state index in [2.05, 4.69) is 23.3 Å². The van der Waals surface area contributed by atoms with Crippen LogP contribution >= 0.6 is 11.3 Å². The van der Waals surface area contributed by atoms with Crippen LogP contribution in [0.3, 0.4) is 0 Å². The van der Waals surface area contributed by atoms with Gasteiger partial charge in [-0.05, 0) is 18.7 Å². The number of anilines is 2. The van der Waals surface area contributed by atoms with Gasteiger partial charge in [0.2, 0.25) is 0 Å². The highest BCUT2D eigenvalue weighted by molar-refractivity contribution is 7.13. The molecular weight excluding hydrogens is 256 g/mol. The SMILES string of the molecule is CCNCc1csc(N(C)c2ccccc2C#N)n1. The van der Waals surface area contributed by atoms with Crippen LogP contribution in [0.25, 0.3) is 0 Å². The quantitative estimate of drug-likeness (QED) is 0.909. The van der Waals surface area contributed by atoms with Gasteiger partial charge in [-0.1, -0.05) is 19.1 Å². The molecule has 98 valence electrons. The van der Waals surface area contributed by atoms with Crippen LogP contribution in [0.4, 0.5) is 10.8 Å². The number of hydrogen-bond acceptors (Lipinski definition) is 5. The van der Waals surface area contributed by atoms with E-state index in [1.54, 1.807) is 11.3 Å². The Bertz CT molecular complexity index is 585. The first-order valence-electron chi connectivity index (χ1n) is 6.14. The van der Waals surface area contributed by atoms with E-state index in [4.69, 9.17) is 5.26 Å². The Hall–Kier alpha value is -1.90. The summed E-state index contributed by atoms with van der Waals surface area (Å²) in [7, 11) is 1.94. The van der Waals surface area contributed by atoms with Gasteiger partial charge in [-0.2, -0.15) is 5.26 Å². The van der Waals surface area contributed by atoms with Crippen molar-refractivity contribution in [3.8, 4) is 6.07 Å². The number of aromatic nitrogens is 1. The highest BCUT2D eigenvalue weighted by Gasteiger charge is 2.12. The highest BCUT2D eigenvalue weighted by Crippen LogP contribution is 2.29. The van der Waals surface area contributed by atoms with Crippen LogP contribution in [0, 0.1) is 11.3 Å². The maximum absolute atomic E-state index is 9.13. The maximum atomic E-state index is 9.13. The van der Waals surface area contributed by atoms with E-state index in [9.17, 15) is 0 Å². The molecule has 0 amide bonds. The van der Waals surface area contributed by atoms with Gasteiger partial charge in [0.05, 0.1) is 16.9 Å². The number of hydrogen-bond donors (Lipinski definition) is 1. The number of nitrogens with one attached hydrogen (secondary N) is 1. The first-order valence-corrected chi connectivity index (χ1v) is 7.02. The molecule has 1 N–H and O–H groups in total. The highest BCUT2D eigenvalue weighted by atomic mass is 32.1. The summed E-state index contributed by atoms with van der Waals surface area (Å²) < 4.78 is 0. The third-order valence-electron chi connectivity index (χ3n) is 2.77. The van der Waals surface area contributed by atoms with Gasteiger partial charge in [0.25, 0.3) is 0 Å². The van der Waals surface area contributed by atoms with E-state index < -0.39 is 0 Å². The predicted molar refractivity (Wildman–Crippen MR) is 78.7 cm³/mol. The van der Waals surface area contributed by atoms with Crippen molar-refractivity contribution in [3.63, 3.8) is 0 Å². The molecule has 1 heterocycles. The van der Waals surface area contributed by atoms with E-state index in [-0.39, 0.29) is 0 Å². The smallest absolute Gasteiger partial charge is 0.189 e. The Balaban J connectivity index is 2.22. The molecule has 0 bridgehead atoms. The summed E-state index contributed by atoms with van der Waals surface area (Å²) in [5, 5.41) is 15.3. The normalized spacial score (nSPS) is 10.2. The van der Waals surface area contributed by atoms with Gasteiger partial charge in [0.15, 0.2) is 5.13 Å². The van der Waals surface area contributed by atoms with E-state index in [1.165, 1.54) is 0 Å². The second kappa shape index (κ2) is 6.32. The summed E-state index contributed by atoms with van der Waals surface area (Å²) in [6, 6.07) is 9.76. The molecule has 0 saturated heterocycles. The predicted octanol–water partition coefficient (Wildman–Crippen LogP) is 2.89. The molecule has 0 spiro atoms. The standard InChI is InChI=1S/C14H16N4S/c1-3-16-9-12-10-19-14(17-12)18(2)13-7-5-4-6-11(13)8-15/h4-7,10,16H,3,9H2,1-2H3. The molecule has 0 radical (unpaired) electrons. The summed E-state index contributed by atoms with van der Waals surface area (Å²) in [5.41, 5.74) is 2.57. The van der Waals surface area contributed by atoms with E-state index >= 15 is 0 Å². The Morgan fingerprint density at radius 3 is 2.95 bits per heavy atom. The second-order valence-corrected chi connectivity index (χ2v) is 4.93. The minimum atomic E-state index is 0.661. The third-order valence-corrected chi connectivity index (χ3v) is 3.73. The molecule has 4 nitrogen and oxygen atoms in total. The van der Waals surface area contributed by atoms with Crippen molar-refractivity contribution in [2.24, 2.45) is 0 Å². The topological polar surface area (TPSA) is 52.0 Å². The maximum Gasteiger partial charge on any atom is 0.189 e. The lowest BCUT2D eigenvalue weighted by atomic mass is 10.2. The Morgan fingerprint density at radius 2 is 2.21 bits per heavy atom. The van der Waals surface area contributed by atoms with Gasteiger partial charge >= 0.3 is 0 Å². The van der Waals surface area contributed by atoms with Crippen molar-refractivity contribution < 1.29 is 0 Å². The lowest BCUT2D eigenvalue weighted by molar-refractivity contribution is 0.714. The van der Waals surface area contributed by atoms with Crippen LogP contribution in [0.1, 0.15) is 18.2 Å². The van der Waals surface area contributed by atoms with Gasteiger partial charge in [-0.3, -0.25) is 0 Å². The molecule has 0 unspecified atom stereocenters. The number of rotatable bonds is 5. The van der Waals surface area contributed by atoms with Gasteiger partial charge in [0, 0.05) is 19.0 Å². The lowest BCUT2D eigenvalue weighted by Gasteiger charge is -2.16. The first kappa shape index (κ1) is 13.5. The number of nitrogens with zero attached hydrogens (tertiary/aromatic N) is 3. The van der Waals surface area contributed by atoms with Crippen molar-refractivity contribution >= 4 is 22.2 Å². The molecule has 2 aromatic rings. The Morgan fingerprint density at radius 1 is 1.42 bits per heavy atom. The van der Waals surface area contributed by atoms with Crippen LogP contribution < -0.4 is 10.2 Å². The lowest BCUT2D eigenvalue weighted by Crippen LogP contribution is -2.13. The average Bonchev–Trinajstić information content (AvgIpc) is 2.93. The number of benzene rings is 1. The van der Waals surface area contributed by atoms with Crippen molar-refractivity contribution in [1.29, 1.82) is 5.26 Å². The zero-order valence-corrected chi connectivity index (χ0v) is 11.9. The van der Waals surface area contributed by atoms with Crippen LogP contribution in [0.2, 0.25) is 0 Å². The Labute approximate surface area is 117 Å². The summed E-state index contributed by atoms with van der Waals surface area (Å²) in [6.07, 6.45) is 0. The third kappa shape index (κ3) is 3.11. The molecule has 0 aliphatic heterocycles. The molecule has 1 aromatic carbocycles. The fourth-order valence-electron chi connectivity index (χ4n) is 1.75. The van der Waals surface area contributed by atoms with Crippen LogP contribution in [-0.4, -0.2) is 18.6 Å². The average molecular weight is 272 g/mol. The van der Waals surface area contributed by atoms with Crippen molar-refractivity contribution in [2.45, 2.75) is 13.5 Å². The summed E-state index contributed by atoms with van der Waals surface area (Å²) in [6.45, 7) is 3.78. The van der Waals surface area contributed by atoms with E-state index in [0.717, 1.165) is 29.6 Å². The zero-order valence-electron chi connectivity index (χ0n) is 11.1. The van der Waals surface area contributed by atoms with Crippen LogP contribution in [0.15, 0.2) is 29.6 Å². The molecule has 2 rings (SSSR count). The molecule has 0 saturated carbocycles. The minimum absolute atomic E-state index is 0.661. The fourth-order valence-corrected chi connectivity index (χ4v) is 2.55. The zero-order chi connectivity index (χ0) is 13.7. The molecule has 0 fully saturated rings. The molecule has 1 aromatic heterocycles. The molecule has 0 aliphatic carbocycles. The molecule has 5 heteroatoms. The van der Waals surface area contributed by atoms with E-state index in [1.807, 2.05) is 41.6 Å². The van der Waals surface area contributed by atoms with Gasteiger partial charge in [-0.25, -0.2) is 4.98 Å². The van der Waals surface area contributed by atoms with Crippen molar-refractivity contribution in [1.82, 2.24) is 10.3 Å². The molecule has 19 heavy (non-hydrogen) atoms. The Kier molecular flexibility index (Phi) is 4.50. The number of para-hydroxylation sites is 1. The summed E-state index contributed by atoms with van der Waals surface area (Å²) in [4.78, 5) is 6.53. The van der Waals surface area contributed by atoms with Crippen LogP contribution in [-0.2, 0) is 6.54 Å². The minimum Gasteiger partial charge on any atom is -0.320 e. The number of nitriles is 1. The monoisotopic (exact) mass is 272 g/mol. The van der Waals surface area contributed by atoms with Gasteiger partial charge in [0.1, 0.15) is 6.07 Å². The molecular formula is C14H16N4S. The largest absolute Gasteiger partial charge is 0.320 e. The molecule has 0 aliphatic rings. The first-order chi connectivity index (χ1) is 9.26. The second-order valence-electron chi connectivity index (χ2n) is 4.09. The summed E-state index contributed by atoms with van der Waals surface area (Å²) in [5.74, 6) is 0. The summed E-state index contributed by atoms with van der Waals surface area (Å²) >= 11 is 1.59. The van der Waals surface area contributed by atoms with E-state index in [0.29, 0.717) is 5.56 Å². The van der Waals surface area contributed by atoms with Gasteiger partial charge < -0.3 is 10.2 Å². The molecule has 0 atom stereocenters. The van der Waals surface area contributed by atoms with Crippen molar-refractivity contribution in [3.05, 3.63) is 40.9 Å². The fraction of sp³-hybridized carbons (Fsp3) is 0.286. The van der Waals surface area contributed by atoms with Crippen LogP contribution in [0.5, 0.6) is 0 Å². The van der Waals surface area contributed by atoms with Gasteiger partial charge in [-0.15, -0.1) is 11.3 Å². The number of thiazole rings is 1. The van der Waals surface area contributed by atoms with Crippen molar-refractivity contribution in [2.75, 3.05) is 18.5 Å².